The van der Waals surface area contributed by atoms with Crippen molar-refractivity contribution in [1.82, 2.24) is 0 Å². The molecular weight excluding hydrogens is 287 g/mol. The predicted molar refractivity (Wildman–Crippen MR) is 60.0 cm³/mol. The molecule has 0 rings (SSSR count). The Morgan fingerprint density at radius 1 is 1.05 bits per heavy atom. The Hall–Kier alpha value is -0.550. The highest BCUT2D eigenvalue weighted by molar-refractivity contribution is 7.45. The molecule has 19 heavy (non-hydrogen) atoms. The van der Waals surface area contributed by atoms with Crippen LogP contribution in [-0.2, 0) is 34.5 Å². The Kier molecular flexibility index (Phi) is 16.9. The molecule has 0 aliphatic carbocycles. The molecule has 0 saturated carbocycles. The van der Waals surface area contributed by atoms with Crippen molar-refractivity contribution >= 4 is 7.82 Å². The third-order valence-corrected chi connectivity index (χ3v) is 1.32. The van der Waals surface area contributed by atoms with E-state index >= 15 is 0 Å². The van der Waals surface area contributed by atoms with Crippen molar-refractivity contribution in [3.63, 3.8) is 0 Å². The fraction of sp³-hybridized carbons (Fsp3) is 0.750. The standard InChI is InChI=1S/C8H16O6.H3O4P/c1-3-5-6-7-8-10-12-14-13-11-9-4-2;1-5(2,3)4/h4H,2-3,5-8H2,1H3;(H3,1,2,3,4). The maximum atomic E-state index is 8.88. The number of hydrogen-bond acceptors (Lipinski definition) is 7. The summed E-state index contributed by atoms with van der Waals surface area (Å²) in [5.41, 5.74) is 0. The van der Waals surface area contributed by atoms with Crippen molar-refractivity contribution < 1.29 is 49.2 Å². The van der Waals surface area contributed by atoms with Crippen molar-refractivity contribution in [2.75, 3.05) is 6.61 Å². The summed E-state index contributed by atoms with van der Waals surface area (Å²) in [4.78, 5) is 30.2. The molecule has 0 aromatic carbocycles. The highest BCUT2D eigenvalue weighted by Crippen LogP contribution is 2.25. The van der Waals surface area contributed by atoms with Gasteiger partial charge in [0.2, 0.25) is 0 Å². The summed E-state index contributed by atoms with van der Waals surface area (Å²) in [5, 5.41) is 15.8. The molecule has 0 aromatic heterocycles. The molecular formula is C8H19O10P. The minimum atomic E-state index is -4.64. The molecule has 3 N–H and O–H groups in total. The largest absolute Gasteiger partial charge is 0.466 e. The van der Waals surface area contributed by atoms with Crippen LogP contribution in [0, 0.1) is 0 Å². The zero-order chi connectivity index (χ0) is 15.0. The fourth-order valence-electron chi connectivity index (χ4n) is 0.708. The van der Waals surface area contributed by atoms with E-state index in [0.29, 0.717) is 6.61 Å². The summed E-state index contributed by atoms with van der Waals surface area (Å²) in [7, 11) is -4.64. The number of rotatable bonds is 11. The Labute approximate surface area is 110 Å². The van der Waals surface area contributed by atoms with Crippen LogP contribution in [0.1, 0.15) is 32.6 Å². The van der Waals surface area contributed by atoms with E-state index in [1.807, 2.05) is 0 Å². The Bertz CT molecular complexity index is 221. The summed E-state index contributed by atoms with van der Waals surface area (Å²) in [6.07, 6.45) is 5.36. The molecule has 0 aliphatic rings. The second kappa shape index (κ2) is 15.5. The average Bonchev–Trinajstić information content (AvgIpc) is 2.29. The minimum Gasteiger partial charge on any atom is -0.315 e. The highest BCUT2D eigenvalue weighted by atomic mass is 31.2. The van der Waals surface area contributed by atoms with Gasteiger partial charge in [0.1, 0.15) is 6.26 Å². The summed E-state index contributed by atoms with van der Waals surface area (Å²) in [6.45, 7) is 5.75. The first-order valence-corrected chi connectivity index (χ1v) is 6.82. The molecule has 0 fully saturated rings. The van der Waals surface area contributed by atoms with Gasteiger partial charge in [0, 0.05) is 10.1 Å². The van der Waals surface area contributed by atoms with Crippen LogP contribution in [0.2, 0.25) is 0 Å². The SMILES string of the molecule is C=COOOOOOCCCCCC.O=P(O)(O)O. The lowest BCUT2D eigenvalue weighted by Gasteiger charge is -2.00. The third kappa shape index (κ3) is 38.1. The first-order chi connectivity index (χ1) is 8.91. The normalized spacial score (nSPS) is 10.5. The van der Waals surface area contributed by atoms with E-state index in [2.05, 4.69) is 43.4 Å². The van der Waals surface area contributed by atoms with Gasteiger partial charge in [-0.2, -0.15) is 0 Å². The summed E-state index contributed by atoms with van der Waals surface area (Å²) in [6, 6.07) is 0. The second-order valence-electron chi connectivity index (χ2n) is 2.93. The lowest BCUT2D eigenvalue weighted by Crippen LogP contribution is -2.00. The lowest BCUT2D eigenvalue weighted by atomic mass is 10.2. The van der Waals surface area contributed by atoms with Crippen molar-refractivity contribution in [1.29, 1.82) is 0 Å². The molecule has 0 aromatic rings. The predicted octanol–water partition coefficient (Wildman–Crippen LogP) is 1.46. The minimum absolute atomic E-state index is 0.436. The fourth-order valence-corrected chi connectivity index (χ4v) is 0.708. The first-order valence-electron chi connectivity index (χ1n) is 5.26. The smallest absolute Gasteiger partial charge is 0.315 e. The molecule has 116 valence electrons. The topological polar surface area (TPSA) is 133 Å². The Morgan fingerprint density at radius 2 is 1.63 bits per heavy atom. The van der Waals surface area contributed by atoms with Crippen LogP contribution in [0.5, 0.6) is 0 Å². The van der Waals surface area contributed by atoms with E-state index in [-0.39, 0.29) is 0 Å². The molecule has 0 bridgehead atoms. The van der Waals surface area contributed by atoms with Crippen LogP contribution < -0.4 is 0 Å². The monoisotopic (exact) mass is 306 g/mol. The quantitative estimate of drug-likeness (QED) is 0.169. The summed E-state index contributed by atoms with van der Waals surface area (Å²) >= 11 is 0. The van der Waals surface area contributed by atoms with E-state index in [4.69, 9.17) is 19.2 Å². The van der Waals surface area contributed by atoms with Gasteiger partial charge >= 0.3 is 7.82 Å². The molecule has 10 nitrogen and oxygen atoms in total. The summed E-state index contributed by atoms with van der Waals surface area (Å²) in [5.74, 6) is 0. The van der Waals surface area contributed by atoms with Crippen LogP contribution in [-0.4, -0.2) is 21.3 Å². The van der Waals surface area contributed by atoms with Crippen molar-refractivity contribution in [2.45, 2.75) is 32.6 Å². The highest BCUT2D eigenvalue weighted by Gasteiger charge is 2.00. The van der Waals surface area contributed by atoms with Gasteiger partial charge in [-0.3, -0.25) is 0 Å². The average molecular weight is 306 g/mol. The van der Waals surface area contributed by atoms with Gasteiger partial charge in [-0.05, 0) is 16.5 Å². The second-order valence-corrected chi connectivity index (χ2v) is 3.96. The Morgan fingerprint density at radius 3 is 2.16 bits per heavy atom. The van der Waals surface area contributed by atoms with Gasteiger partial charge in [-0.25, -0.2) is 9.45 Å². The number of phosphoric acid groups is 1. The maximum Gasteiger partial charge on any atom is 0.466 e. The van der Waals surface area contributed by atoms with E-state index < -0.39 is 7.82 Å². The first kappa shape index (κ1) is 20.8. The van der Waals surface area contributed by atoms with Gasteiger partial charge in [0.15, 0.2) is 0 Å². The molecule has 0 amide bonds. The van der Waals surface area contributed by atoms with E-state index in [1.165, 1.54) is 12.8 Å². The zero-order valence-corrected chi connectivity index (χ0v) is 11.4. The maximum absolute atomic E-state index is 8.88. The van der Waals surface area contributed by atoms with E-state index in [1.54, 1.807) is 0 Å². The molecule has 0 aliphatic heterocycles. The lowest BCUT2D eigenvalue weighted by molar-refractivity contribution is -0.751. The summed E-state index contributed by atoms with van der Waals surface area (Å²) < 4.78 is 8.88. The van der Waals surface area contributed by atoms with Crippen molar-refractivity contribution in [3.8, 4) is 0 Å². The number of hydrogen-bond donors (Lipinski definition) is 3. The Balaban J connectivity index is 0. The van der Waals surface area contributed by atoms with Gasteiger partial charge in [-0.1, -0.05) is 32.8 Å². The molecule has 0 heterocycles. The molecule has 0 saturated heterocycles. The van der Waals surface area contributed by atoms with Crippen LogP contribution in [0.25, 0.3) is 0 Å². The van der Waals surface area contributed by atoms with Crippen molar-refractivity contribution in [3.05, 3.63) is 12.8 Å². The molecule has 0 spiro atoms. The van der Waals surface area contributed by atoms with Crippen LogP contribution in [0.4, 0.5) is 0 Å². The van der Waals surface area contributed by atoms with Crippen LogP contribution in [0.15, 0.2) is 12.8 Å². The third-order valence-electron chi connectivity index (χ3n) is 1.32. The van der Waals surface area contributed by atoms with Crippen molar-refractivity contribution in [2.24, 2.45) is 0 Å². The van der Waals surface area contributed by atoms with E-state index in [0.717, 1.165) is 19.1 Å². The van der Waals surface area contributed by atoms with Gasteiger partial charge in [0.25, 0.3) is 0 Å². The molecule has 11 heteroatoms. The van der Waals surface area contributed by atoms with Crippen LogP contribution in [0.3, 0.4) is 0 Å². The molecule has 0 radical (unpaired) electrons. The molecule has 0 unspecified atom stereocenters. The van der Waals surface area contributed by atoms with E-state index in [9.17, 15) is 0 Å². The van der Waals surface area contributed by atoms with Crippen LogP contribution >= 0.6 is 7.82 Å². The zero-order valence-electron chi connectivity index (χ0n) is 10.5. The number of unbranched alkanes of at least 4 members (excludes halogenated alkanes) is 3. The molecule has 0 atom stereocenters. The van der Waals surface area contributed by atoms with Gasteiger partial charge < -0.3 is 19.6 Å². The van der Waals surface area contributed by atoms with Gasteiger partial charge in [0.05, 0.1) is 6.61 Å². The van der Waals surface area contributed by atoms with Gasteiger partial charge in [-0.15, -0.1) is 0 Å².